The second kappa shape index (κ2) is 6.84. The lowest BCUT2D eigenvalue weighted by atomic mass is 9.94. The van der Waals surface area contributed by atoms with Crippen LogP contribution in [0.25, 0.3) is 0 Å². The molecule has 1 amide bonds. The first-order valence-electron chi connectivity index (χ1n) is 8.77. The number of piperidine rings is 1. The summed E-state index contributed by atoms with van der Waals surface area (Å²) < 4.78 is 27.5. The van der Waals surface area contributed by atoms with E-state index in [-0.39, 0.29) is 10.8 Å². The number of carbonyl (C=O) groups is 1. The van der Waals surface area contributed by atoms with Gasteiger partial charge in [0.1, 0.15) is 0 Å². The lowest BCUT2D eigenvalue weighted by Crippen LogP contribution is -2.42. The van der Waals surface area contributed by atoms with E-state index in [9.17, 15) is 13.2 Å². The fourth-order valence-corrected chi connectivity index (χ4v) is 5.57. The molecule has 0 N–H and O–H groups in total. The van der Waals surface area contributed by atoms with Crippen LogP contribution >= 0.6 is 0 Å². The van der Waals surface area contributed by atoms with Gasteiger partial charge in [-0.05, 0) is 49.3 Å². The Morgan fingerprint density at radius 2 is 1.71 bits per heavy atom. The van der Waals surface area contributed by atoms with Gasteiger partial charge in [0, 0.05) is 31.7 Å². The zero-order chi connectivity index (χ0) is 17.3. The van der Waals surface area contributed by atoms with Crippen molar-refractivity contribution in [1.82, 2.24) is 9.21 Å². The van der Waals surface area contributed by atoms with Gasteiger partial charge in [-0.1, -0.05) is 19.9 Å². The predicted octanol–water partition coefficient (Wildman–Crippen LogP) is 2.59. The van der Waals surface area contributed by atoms with E-state index in [4.69, 9.17) is 0 Å². The number of benzene rings is 1. The highest BCUT2D eigenvalue weighted by Crippen LogP contribution is 2.27. The zero-order valence-electron chi connectivity index (χ0n) is 14.4. The molecule has 0 saturated carbocycles. The number of hydrogen-bond donors (Lipinski definition) is 0. The number of amides is 1. The minimum atomic E-state index is -3.54. The first kappa shape index (κ1) is 17.4. The lowest BCUT2D eigenvalue weighted by Gasteiger charge is -2.34. The third-order valence-electron chi connectivity index (χ3n) is 4.95. The third kappa shape index (κ3) is 3.49. The maximum absolute atomic E-state index is 13.0. The molecule has 3 rings (SSSR count). The molecular formula is C18H26N2O3S. The summed E-state index contributed by atoms with van der Waals surface area (Å²) in [6.45, 7) is 6.80. The maximum Gasteiger partial charge on any atom is 0.253 e. The van der Waals surface area contributed by atoms with E-state index in [0.717, 1.165) is 32.4 Å². The second-order valence-corrected chi connectivity index (χ2v) is 9.23. The van der Waals surface area contributed by atoms with Crippen molar-refractivity contribution in [1.29, 1.82) is 0 Å². The number of rotatable bonds is 3. The predicted molar refractivity (Wildman–Crippen MR) is 93.3 cm³/mol. The van der Waals surface area contributed by atoms with E-state index in [1.807, 2.05) is 0 Å². The van der Waals surface area contributed by atoms with Crippen molar-refractivity contribution in [2.24, 2.45) is 11.8 Å². The van der Waals surface area contributed by atoms with Gasteiger partial charge in [-0.15, -0.1) is 0 Å². The van der Waals surface area contributed by atoms with Crippen LogP contribution in [0.2, 0.25) is 0 Å². The highest BCUT2D eigenvalue weighted by molar-refractivity contribution is 7.89. The first-order chi connectivity index (χ1) is 11.4. The topological polar surface area (TPSA) is 57.7 Å². The molecule has 0 radical (unpaired) electrons. The molecule has 2 saturated heterocycles. The summed E-state index contributed by atoms with van der Waals surface area (Å²) in [5, 5.41) is 0. The van der Waals surface area contributed by atoms with Gasteiger partial charge in [-0.25, -0.2) is 8.42 Å². The lowest BCUT2D eigenvalue weighted by molar-refractivity contribution is 0.0792. The molecule has 0 aromatic heterocycles. The Morgan fingerprint density at radius 3 is 2.33 bits per heavy atom. The van der Waals surface area contributed by atoms with Gasteiger partial charge in [-0.2, -0.15) is 4.31 Å². The fourth-order valence-electron chi connectivity index (χ4n) is 3.84. The van der Waals surface area contributed by atoms with Crippen LogP contribution in [-0.4, -0.2) is 49.7 Å². The maximum atomic E-state index is 13.0. The number of likely N-dealkylation sites (tertiary alicyclic amines) is 1. The van der Waals surface area contributed by atoms with Crippen LogP contribution in [0.15, 0.2) is 29.2 Å². The highest BCUT2D eigenvalue weighted by atomic mass is 32.2. The van der Waals surface area contributed by atoms with Crippen molar-refractivity contribution in [2.75, 3.05) is 26.2 Å². The Morgan fingerprint density at radius 1 is 1.08 bits per heavy atom. The second-order valence-electron chi connectivity index (χ2n) is 7.30. The van der Waals surface area contributed by atoms with E-state index in [0.29, 0.717) is 30.5 Å². The van der Waals surface area contributed by atoms with Crippen molar-refractivity contribution in [3.05, 3.63) is 29.8 Å². The van der Waals surface area contributed by atoms with Gasteiger partial charge < -0.3 is 4.90 Å². The molecule has 2 aliphatic heterocycles. The molecule has 2 atom stereocenters. The van der Waals surface area contributed by atoms with Crippen molar-refractivity contribution < 1.29 is 13.2 Å². The molecule has 1 aromatic carbocycles. The van der Waals surface area contributed by atoms with Gasteiger partial charge in [0.15, 0.2) is 0 Å². The monoisotopic (exact) mass is 350 g/mol. The summed E-state index contributed by atoms with van der Waals surface area (Å²) in [6, 6.07) is 6.52. The van der Waals surface area contributed by atoms with Gasteiger partial charge in [0.25, 0.3) is 5.91 Å². The van der Waals surface area contributed by atoms with Gasteiger partial charge in [-0.3, -0.25) is 4.79 Å². The molecule has 132 valence electrons. The molecule has 6 heteroatoms. The smallest absolute Gasteiger partial charge is 0.253 e. The number of carbonyl (C=O) groups excluding carboxylic acids is 1. The molecule has 2 fully saturated rings. The van der Waals surface area contributed by atoms with Crippen LogP contribution < -0.4 is 0 Å². The average Bonchev–Trinajstić information content (AvgIpc) is 3.08. The van der Waals surface area contributed by atoms with Crippen molar-refractivity contribution in [3.8, 4) is 0 Å². The van der Waals surface area contributed by atoms with E-state index in [1.54, 1.807) is 33.5 Å². The van der Waals surface area contributed by atoms with Crippen LogP contribution in [0, 0.1) is 11.8 Å². The van der Waals surface area contributed by atoms with E-state index >= 15 is 0 Å². The molecule has 2 unspecified atom stereocenters. The number of hydrogen-bond acceptors (Lipinski definition) is 3. The average molecular weight is 350 g/mol. The summed E-state index contributed by atoms with van der Waals surface area (Å²) in [4.78, 5) is 14.6. The third-order valence-corrected chi connectivity index (χ3v) is 6.78. The minimum Gasteiger partial charge on any atom is -0.339 e. The van der Waals surface area contributed by atoms with Crippen molar-refractivity contribution >= 4 is 15.9 Å². The van der Waals surface area contributed by atoms with E-state index < -0.39 is 10.0 Å². The normalized spacial score (nSPS) is 25.8. The fraction of sp³-hybridized carbons (Fsp3) is 0.611. The zero-order valence-corrected chi connectivity index (χ0v) is 15.3. The van der Waals surface area contributed by atoms with Crippen LogP contribution in [-0.2, 0) is 10.0 Å². The van der Waals surface area contributed by atoms with Crippen LogP contribution in [0.3, 0.4) is 0 Å². The largest absolute Gasteiger partial charge is 0.339 e. The number of sulfonamides is 1. The van der Waals surface area contributed by atoms with Crippen LogP contribution in [0.5, 0.6) is 0 Å². The van der Waals surface area contributed by atoms with Crippen LogP contribution in [0.4, 0.5) is 0 Å². The van der Waals surface area contributed by atoms with Crippen molar-refractivity contribution in [2.45, 2.75) is 38.0 Å². The molecule has 2 heterocycles. The van der Waals surface area contributed by atoms with Crippen molar-refractivity contribution in [3.63, 3.8) is 0 Å². The number of nitrogens with zero attached hydrogens (tertiary/aromatic N) is 2. The molecular weight excluding hydrogens is 324 g/mol. The van der Waals surface area contributed by atoms with Gasteiger partial charge in [0.2, 0.25) is 10.0 Å². The minimum absolute atomic E-state index is 0.0649. The van der Waals surface area contributed by atoms with E-state index in [1.165, 1.54) is 0 Å². The molecule has 24 heavy (non-hydrogen) atoms. The Labute approximate surface area is 144 Å². The summed E-state index contributed by atoms with van der Waals surface area (Å²) in [5.74, 6) is 0.654. The van der Waals surface area contributed by atoms with Gasteiger partial charge >= 0.3 is 0 Å². The molecule has 0 spiro atoms. The molecule has 0 bridgehead atoms. The first-order valence-corrected chi connectivity index (χ1v) is 10.2. The summed E-state index contributed by atoms with van der Waals surface area (Å²) in [7, 11) is -3.54. The summed E-state index contributed by atoms with van der Waals surface area (Å²) >= 11 is 0. The quantitative estimate of drug-likeness (QED) is 0.842. The Bertz CT molecular complexity index is 701. The van der Waals surface area contributed by atoms with Gasteiger partial charge in [0.05, 0.1) is 4.90 Å². The molecule has 5 nitrogen and oxygen atoms in total. The SMILES string of the molecule is CC1CC(C)CN(S(=O)(=O)c2cccc(C(=O)N3CCCC3)c2)C1. The molecule has 0 aliphatic carbocycles. The van der Waals surface area contributed by atoms with Crippen LogP contribution in [0.1, 0.15) is 43.5 Å². The summed E-state index contributed by atoms with van der Waals surface area (Å²) in [5.41, 5.74) is 0.469. The molecule has 1 aromatic rings. The molecule has 2 aliphatic rings. The van der Waals surface area contributed by atoms with E-state index in [2.05, 4.69) is 13.8 Å². The summed E-state index contributed by atoms with van der Waals surface area (Å²) in [6.07, 6.45) is 3.10. The Balaban J connectivity index is 1.85. The Kier molecular flexibility index (Phi) is 4.97. The highest BCUT2D eigenvalue weighted by Gasteiger charge is 2.32. The Hall–Kier alpha value is -1.40. The standard InChI is InChI=1S/C18H26N2O3S/c1-14-10-15(2)13-20(12-14)24(22,23)17-7-5-6-16(11-17)18(21)19-8-3-4-9-19/h5-7,11,14-15H,3-4,8-10,12-13H2,1-2H3.